The molecule has 124 valence electrons. The number of rotatable bonds is 2. The van der Waals surface area contributed by atoms with Crippen LogP contribution in [0.15, 0.2) is 36.4 Å². The average Bonchev–Trinajstić information content (AvgIpc) is 2.98. The maximum atomic E-state index is 13.1. The van der Waals surface area contributed by atoms with Crippen molar-refractivity contribution >= 4 is 23.0 Å². The van der Waals surface area contributed by atoms with Crippen molar-refractivity contribution in [2.45, 2.75) is 6.92 Å². The Morgan fingerprint density at radius 1 is 0.958 bits per heavy atom. The van der Waals surface area contributed by atoms with Crippen molar-refractivity contribution < 1.29 is 4.39 Å². The molecule has 3 heterocycles. The molecule has 1 aliphatic heterocycles. The molecule has 0 unspecified atom stereocenters. The van der Waals surface area contributed by atoms with Crippen LogP contribution in [0.5, 0.6) is 0 Å². The number of anilines is 3. The first-order valence-electron chi connectivity index (χ1n) is 7.99. The summed E-state index contributed by atoms with van der Waals surface area (Å²) in [5.41, 5.74) is 9.69. The molecule has 1 fully saturated rings. The fraction of sp³-hybridized carbons (Fsp3) is 0.294. The first-order chi connectivity index (χ1) is 11.6. The summed E-state index contributed by atoms with van der Waals surface area (Å²) in [5.74, 6) is 0.0878. The molecule has 2 aromatic heterocycles. The van der Waals surface area contributed by atoms with E-state index >= 15 is 0 Å². The lowest BCUT2D eigenvalue weighted by Crippen LogP contribution is -2.46. The largest absolute Gasteiger partial charge is 0.368 e. The number of piperazine rings is 1. The lowest BCUT2D eigenvalue weighted by Gasteiger charge is -2.37. The van der Waals surface area contributed by atoms with Crippen LogP contribution in [0, 0.1) is 12.7 Å². The van der Waals surface area contributed by atoms with E-state index in [0.29, 0.717) is 0 Å². The second kappa shape index (κ2) is 5.67. The summed E-state index contributed by atoms with van der Waals surface area (Å²) in [6.07, 6.45) is 0. The Morgan fingerprint density at radius 2 is 1.62 bits per heavy atom. The maximum Gasteiger partial charge on any atom is 0.240 e. The maximum absolute atomic E-state index is 13.1. The van der Waals surface area contributed by atoms with Gasteiger partial charge in [0.2, 0.25) is 5.95 Å². The molecule has 4 rings (SSSR count). The first kappa shape index (κ1) is 14.7. The van der Waals surface area contributed by atoms with Crippen molar-refractivity contribution in [3.8, 4) is 0 Å². The van der Waals surface area contributed by atoms with Crippen LogP contribution in [0.25, 0.3) is 5.65 Å². The Hall–Kier alpha value is -2.83. The molecule has 0 atom stereocenters. The lowest BCUT2D eigenvalue weighted by molar-refractivity contribution is 0.624. The third-order valence-electron chi connectivity index (χ3n) is 4.54. The Labute approximate surface area is 139 Å². The highest BCUT2D eigenvalue weighted by molar-refractivity contribution is 5.59. The number of nitrogens with two attached hydrogens (primary N) is 1. The molecule has 0 bridgehead atoms. The number of halogens is 1. The van der Waals surface area contributed by atoms with Gasteiger partial charge in [0.1, 0.15) is 5.82 Å². The first-order valence-corrected chi connectivity index (χ1v) is 7.99. The topological polar surface area (TPSA) is 62.7 Å². The highest BCUT2D eigenvalue weighted by Crippen LogP contribution is 2.24. The van der Waals surface area contributed by atoms with E-state index in [1.165, 1.54) is 12.1 Å². The smallest absolute Gasteiger partial charge is 0.240 e. The minimum Gasteiger partial charge on any atom is -0.368 e. The molecular weight excluding hydrogens is 307 g/mol. The third-order valence-corrected chi connectivity index (χ3v) is 4.54. The van der Waals surface area contributed by atoms with Crippen LogP contribution in [-0.2, 0) is 0 Å². The molecule has 0 spiro atoms. The van der Waals surface area contributed by atoms with Gasteiger partial charge in [0.25, 0.3) is 0 Å². The molecule has 0 aliphatic carbocycles. The monoisotopic (exact) mass is 326 g/mol. The van der Waals surface area contributed by atoms with Crippen LogP contribution in [0.2, 0.25) is 0 Å². The van der Waals surface area contributed by atoms with E-state index in [4.69, 9.17) is 5.73 Å². The summed E-state index contributed by atoms with van der Waals surface area (Å²) < 4.78 is 14.9. The summed E-state index contributed by atoms with van der Waals surface area (Å²) in [4.78, 5) is 8.81. The van der Waals surface area contributed by atoms with Crippen LogP contribution in [0.3, 0.4) is 0 Å². The number of benzene rings is 1. The molecule has 3 aromatic rings. The number of hydrogen-bond donors (Lipinski definition) is 1. The molecule has 2 N–H and O–H groups in total. The van der Waals surface area contributed by atoms with Gasteiger partial charge in [-0.2, -0.15) is 4.98 Å². The third kappa shape index (κ3) is 2.51. The van der Waals surface area contributed by atoms with Gasteiger partial charge < -0.3 is 15.5 Å². The van der Waals surface area contributed by atoms with Gasteiger partial charge in [-0.05, 0) is 43.3 Å². The van der Waals surface area contributed by atoms with Crippen LogP contribution >= 0.6 is 0 Å². The quantitative estimate of drug-likeness (QED) is 0.781. The Morgan fingerprint density at radius 3 is 2.33 bits per heavy atom. The van der Waals surface area contributed by atoms with Crippen molar-refractivity contribution in [2.24, 2.45) is 0 Å². The molecule has 6 nitrogen and oxygen atoms in total. The minimum absolute atomic E-state index is 0.201. The highest BCUT2D eigenvalue weighted by atomic mass is 19.1. The average molecular weight is 326 g/mol. The number of pyridine rings is 1. The standard InChI is InChI=1S/C17H19FN6/c1-12-15(6-7-16-20-17(19)21-24(12)16)23-10-8-22(9-11-23)14-4-2-13(18)3-5-14/h2-7H,8-11H2,1H3,(H2,19,21). The van der Waals surface area contributed by atoms with E-state index in [1.54, 1.807) is 4.52 Å². The van der Waals surface area contributed by atoms with Gasteiger partial charge in [-0.1, -0.05) is 0 Å². The molecule has 0 amide bonds. The molecule has 1 saturated heterocycles. The summed E-state index contributed by atoms with van der Waals surface area (Å²) in [6.45, 7) is 5.61. The Balaban J connectivity index is 1.53. The number of hydrogen-bond acceptors (Lipinski definition) is 5. The fourth-order valence-electron chi connectivity index (χ4n) is 3.27. The van der Waals surface area contributed by atoms with Crippen molar-refractivity contribution in [1.82, 2.24) is 14.6 Å². The van der Waals surface area contributed by atoms with E-state index in [-0.39, 0.29) is 11.8 Å². The zero-order valence-electron chi connectivity index (χ0n) is 13.5. The zero-order chi connectivity index (χ0) is 16.7. The molecule has 0 saturated carbocycles. The predicted molar refractivity (Wildman–Crippen MR) is 93.0 cm³/mol. The molecule has 1 aliphatic rings. The van der Waals surface area contributed by atoms with Crippen molar-refractivity contribution in [3.05, 3.63) is 47.9 Å². The summed E-state index contributed by atoms with van der Waals surface area (Å²) in [7, 11) is 0. The number of fused-ring (bicyclic) bond motifs is 1. The molecule has 24 heavy (non-hydrogen) atoms. The summed E-state index contributed by atoms with van der Waals surface area (Å²) >= 11 is 0. The van der Waals surface area contributed by atoms with Gasteiger partial charge in [-0.3, -0.25) is 0 Å². The number of aryl methyl sites for hydroxylation is 1. The van der Waals surface area contributed by atoms with Crippen LogP contribution in [-0.4, -0.2) is 40.8 Å². The number of nitrogen functional groups attached to an aromatic ring is 1. The molecule has 0 radical (unpaired) electrons. The van der Waals surface area contributed by atoms with E-state index in [0.717, 1.165) is 48.9 Å². The van der Waals surface area contributed by atoms with Crippen LogP contribution < -0.4 is 15.5 Å². The molecule has 1 aromatic carbocycles. The van der Waals surface area contributed by atoms with Gasteiger partial charge in [0.05, 0.1) is 11.4 Å². The highest BCUT2D eigenvalue weighted by Gasteiger charge is 2.20. The normalized spacial score (nSPS) is 15.2. The molecule has 7 heteroatoms. The SMILES string of the molecule is Cc1c(N2CCN(c3ccc(F)cc3)CC2)ccc2nc(N)nn12. The van der Waals surface area contributed by atoms with Gasteiger partial charge >= 0.3 is 0 Å². The lowest BCUT2D eigenvalue weighted by atomic mass is 10.2. The Kier molecular flexibility index (Phi) is 3.48. The van der Waals surface area contributed by atoms with E-state index in [1.807, 2.05) is 25.1 Å². The van der Waals surface area contributed by atoms with E-state index < -0.39 is 0 Å². The second-order valence-electron chi connectivity index (χ2n) is 5.99. The minimum atomic E-state index is -0.201. The van der Waals surface area contributed by atoms with Crippen LogP contribution in [0.4, 0.5) is 21.7 Å². The van der Waals surface area contributed by atoms with Gasteiger partial charge in [-0.15, -0.1) is 5.10 Å². The zero-order valence-corrected chi connectivity index (χ0v) is 13.5. The summed E-state index contributed by atoms with van der Waals surface area (Å²) in [6, 6.07) is 10.7. The number of aromatic nitrogens is 3. The van der Waals surface area contributed by atoms with Gasteiger partial charge in [0, 0.05) is 31.9 Å². The van der Waals surface area contributed by atoms with Gasteiger partial charge in [-0.25, -0.2) is 8.91 Å². The van der Waals surface area contributed by atoms with Gasteiger partial charge in [0.15, 0.2) is 5.65 Å². The van der Waals surface area contributed by atoms with Crippen LogP contribution in [0.1, 0.15) is 5.69 Å². The van der Waals surface area contributed by atoms with Crippen molar-refractivity contribution in [1.29, 1.82) is 0 Å². The second-order valence-corrected chi connectivity index (χ2v) is 5.99. The predicted octanol–water partition coefficient (Wildman–Crippen LogP) is 2.09. The van der Waals surface area contributed by atoms with Crippen molar-refractivity contribution in [3.63, 3.8) is 0 Å². The van der Waals surface area contributed by atoms with Crippen molar-refractivity contribution in [2.75, 3.05) is 41.7 Å². The Bertz CT molecular complexity index is 865. The van der Waals surface area contributed by atoms with E-state index in [2.05, 4.69) is 25.9 Å². The van der Waals surface area contributed by atoms with E-state index in [9.17, 15) is 4.39 Å². The molecular formula is C17H19FN6. The number of nitrogens with zero attached hydrogens (tertiary/aromatic N) is 5. The summed E-state index contributed by atoms with van der Waals surface area (Å²) in [5, 5.41) is 4.25. The fourth-order valence-corrected chi connectivity index (χ4v) is 3.27.